The zero-order valence-electron chi connectivity index (χ0n) is 43.7. The molecule has 0 unspecified atom stereocenters. The highest BCUT2D eigenvalue weighted by molar-refractivity contribution is 6.13. The smallest absolute Gasteiger partial charge is 0.309 e. The Bertz CT molecular complexity index is 5080. The van der Waals surface area contributed by atoms with E-state index in [1.54, 1.807) is 12.1 Å². The summed E-state index contributed by atoms with van der Waals surface area (Å²) in [5.74, 6) is 0.843. The van der Waals surface area contributed by atoms with Gasteiger partial charge in [0.2, 0.25) is 0 Å². The van der Waals surface area contributed by atoms with Crippen LogP contribution < -0.4 is 0 Å². The Morgan fingerprint density at radius 3 is 1.25 bits per heavy atom. The van der Waals surface area contributed by atoms with Gasteiger partial charge in [0.25, 0.3) is 0 Å². The van der Waals surface area contributed by atoms with Gasteiger partial charge in [0, 0.05) is 60.6 Å². The highest BCUT2D eigenvalue weighted by Gasteiger charge is 2.33. The van der Waals surface area contributed by atoms with Crippen LogP contribution in [0.15, 0.2) is 206 Å². The number of rotatable bonds is 8. The predicted octanol–water partition coefficient (Wildman–Crippen LogP) is 16.3. The molecule has 3 heterocycles. The van der Waals surface area contributed by atoms with Gasteiger partial charge >= 0.3 is 6.18 Å². The van der Waals surface area contributed by atoms with Gasteiger partial charge in [-0.2, -0.15) is 44.7 Å². The Morgan fingerprint density at radius 2 is 0.774 bits per heavy atom. The summed E-state index contributed by atoms with van der Waals surface area (Å²) in [4.78, 5) is 15.2. The summed E-state index contributed by atoms with van der Waals surface area (Å²) >= 11 is 0. The van der Waals surface area contributed by atoms with Crippen LogP contribution in [0.4, 0.5) is 13.2 Å². The van der Waals surface area contributed by atoms with Crippen molar-refractivity contribution in [1.82, 2.24) is 24.1 Å². The molecule has 0 spiro atoms. The van der Waals surface area contributed by atoms with Crippen molar-refractivity contribution in [1.29, 1.82) is 31.6 Å². The number of hydrogen-bond donors (Lipinski definition) is 0. The third kappa shape index (κ3) is 8.54. The van der Waals surface area contributed by atoms with Crippen molar-refractivity contribution >= 4 is 43.6 Å². The summed E-state index contributed by atoms with van der Waals surface area (Å²) in [7, 11) is 0. The number of fused-ring (bicyclic) bond motifs is 6. The number of halogens is 3. The maximum absolute atomic E-state index is 15.5. The van der Waals surface area contributed by atoms with Crippen molar-refractivity contribution in [2.75, 3.05) is 0 Å². The van der Waals surface area contributed by atoms with Gasteiger partial charge in [-0.1, -0.05) is 109 Å². The predicted molar refractivity (Wildman–Crippen MR) is 314 cm³/mol. The molecule has 0 aliphatic carbocycles. The van der Waals surface area contributed by atoms with Gasteiger partial charge in [0.05, 0.1) is 103 Å². The third-order valence-corrected chi connectivity index (χ3v) is 15.0. The molecule has 0 amide bonds. The number of para-hydroxylation sites is 2. The average Bonchev–Trinajstić information content (AvgIpc) is 4.04. The fourth-order valence-electron chi connectivity index (χ4n) is 11.3. The molecule has 13 aromatic rings. The topological polar surface area (TPSA) is 191 Å². The SMILES string of the molecule is N#Cc1cc(C#N)c(-c2ccc3c(c2)c2ccccc2n3-c2ccc(-c3nc(-c4ccccc4)nc(-c4ccccc4)n3)c(-c3cc(C(F)(F)F)ccc3-n3c4ccccc4c4cc(-c5c(C#N)cc(C#N)cc5C#N)ccc43)c2)c(C#N)c1. The molecule has 0 bridgehead atoms. The van der Waals surface area contributed by atoms with E-state index >= 15 is 13.2 Å². The Kier molecular flexibility index (Phi) is 12.3. The summed E-state index contributed by atoms with van der Waals surface area (Å²) in [6, 6.07) is 72.6. The second-order valence-corrected chi connectivity index (χ2v) is 19.7. The van der Waals surface area contributed by atoms with Crippen molar-refractivity contribution in [3.63, 3.8) is 0 Å². The molecule has 11 nitrogen and oxygen atoms in total. The highest BCUT2D eigenvalue weighted by atomic mass is 19.4. The minimum atomic E-state index is -4.80. The largest absolute Gasteiger partial charge is 0.416 e. The van der Waals surface area contributed by atoms with Crippen molar-refractivity contribution < 1.29 is 13.2 Å². The van der Waals surface area contributed by atoms with E-state index in [1.165, 1.54) is 30.3 Å². The second-order valence-electron chi connectivity index (χ2n) is 19.7. The Morgan fingerprint density at radius 1 is 0.333 bits per heavy atom. The fraction of sp³-hybridized carbons (Fsp3) is 0.0143. The van der Waals surface area contributed by atoms with Crippen molar-refractivity contribution in [2.24, 2.45) is 0 Å². The first-order chi connectivity index (χ1) is 41.0. The maximum atomic E-state index is 15.5. The lowest BCUT2D eigenvalue weighted by Crippen LogP contribution is -2.08. The first-order valence-electron chi connectivity index (χ1n) is 26.1. The molecular formula is C70H34F3N11. The van der Waals surface area contributed by atoms with Crippen LogP contribution >= 0.6 is 0 Å². The molecule has 0 saturated heterocycles. The van der Waals surface area contributed by atoms with Crippen molar-refractivity contribution in [3.05, 3.63) is 245 Å². The van der Waals surface area contributed by atoms with E-state index in [1.807, 2.05) is 173 Å². The zero-order chi connectivity index (χ0) is 57.8. The molecule has 0 aliphatic heterocycles. The Hall–Kier alpha value is -12.5. The standard InChI is InChI=1S/C70H34F3N11/c71-70(72,73)51-21-26-64(84-61-18-10-8-16-54(61)58-32-46(20-25-63(58)84)66-49(39-78)29-42(36-75)30-50(66)40-79)59(33-51)56-34-52(22-23-55(56)69-81-67(43-11-3-1-4-12-43)80-68(82-69)44-13-5-2-6-14-44)83-60-17-9-7-15-53(60)57-31-45(19-24-62(57)83)65-47(37-76)27-41(35-74)28-48(65)38-77/h1-34H. The first kappa shape index (κ1) is 51.0. The summed E-state index contributed by atoms with van der Waals surface area (Å²) in [5, 5.41) is 63.7. The monoisotopic (exact) mass is 1090 g/mol. The van der Waals surface area contributed by atoms with E-state index in [9.17, 15) is 31.6 Å². The zero-order valence-corrected chi connectivity index (χ0v) is 43.7. The number of nitriles is 6. The quantitative estimate of drug-likeness (QED) is 0.142. The van der Waals surface area contributed by atoms with Crippen LogP contribution in [0.3, 0.4) is 0 Å². The first-order valence-corrected chi connectivity index (χ1v) is 26.1. The summed E-state index contributed by atoms with van der Waals surface area (Å²) in [6.45, 7) is 0. The number of aromatic nitrogens is 5. The Labute approximate surface area is 477 Å². The number of nitrogens with zero attached hydrogens (tertiary/aromatic N) is 11. The van der Waals surface area contributed by atoms with Gasteiger partial charge in [0.1, 0.15) is 0 Å². The molecule has 13 rings (SSSR count). The lowest BCUT2D eigenvalue weighted by atomic mass is 9.92. The molecule has 10 aromatic carbocycles. The van der Waals surface area contributed by atoms with Crippen LogP contribution in [0.25, 0.3) is 123 Å². The summed E-state index contributed by atoms with van der Waals surface area (Å²) in [5.41, 5.74) is 7.64. The van der Waals surface area contributed by atoms with E-state index < -0.39 is 11.7 Å². The van der Waals surface area contributed by atoms with Gasteiger partial charge in [-0.25, -0.2) is 15.0 Å². The second kappa shape index (κ2) is 20.3. The van der Waals surface area contributed by atoms with Gasteiger partial charge < -0.3 is 9.13 Å². The van der Waals surface area contributed by atoms with Crippen LogP contribution in [-0.4, -0.2) is 24.1 Å². The van der Waals surface area contributed by atoms with Gasteiger partial charge in [-0.3, -0.25) is 0 Å². The number of hydrogen-bond acceptors (Lipinski definition) is 9. The van der Waals surface area contributed by atoms with Crippen LogP contribution in [0.5, 0.6) is 0 Å². The van der Waals surface area contributed by atoms with Gasteiger partial charge in [0.15, 0.2) is 17.5 Å². The van der Waals surface area contributed by atoms with E-state index in [2.05, 4.69) is 24.3 Å². The maximum Gasteiger partial charge on any atom is 0.416 e. The average molecular weight is 1090 g/mol. The van der Waals surface area contributed by atoms with Crippen LogP contribution in [0, 0.1) is 68.0 Å². The Balaban J connectivity index is 1.12. The molecule has 14 heteroatoms. The molecule has 3 aromatic heterocycles. The van der Waals surface area contributed by atoms with E-state index in [-0.39, 0.29) is 44.8 Å². The molecular weight excluding hydrogens is 1050 g/mol. The fourth-order valence-corrected chi connectivity index (χ4v) is 11.3. The minimum Gasteiger partial charge on any atom is -0.309 e. The third-order valence-electron chi connectivity index (χ3n) is 15.0. The normalized spacial score (nSPS) is 11.2. The number of alkyl halides is 3. The summed E-state index contributed by atoms with van der Waals surface area (Å²) < 4.78 is 50.5. The molecule has 0 aliphatic rings. The number of benzene rings is 10. The van der Waals surface area contributed by atoms with Crippen molar-refractivity contribution in [2.45, 2.75) is 6.18 Å². The molecule has 0 fully saturated rings. The van der Waals surface area contributed by atoms with Crippen LogP contribution in [0.1, 0.15) is 38.9 Å². The molecule has 84 heavy (non-hydrogen) atoms. The van der Waals surface area contributed by atoms with Gasteiger partial charge in [-0.05, 0) is 114 Å². The molecule has 390 valence electrons. The molecule has 0 radical (unpaired) electrons. The van der Waals surface area contributed by atoms with Gasteiger partial charge in [-0.15, -0.1) is 0 Å². The molecule has 0 N–H and O–H groups in total. The lowest BCUT2D eigenvalue weighted by molar-refractivity contribution is -0.137. The van der Waals surface area contributed by atoms with E-state index in [0.29, 0.717) is 89.5 Å². The minimum absolute atomic E-state index is 0.131. The molecule has 0 saturated carbocycles. The van der Waals surface area contributed by atoms with Crippen LogP contribution in [-0.2, 0) is 6.18 Å². The lowest BCUT2D eigenvalue weighted by Gasteiger charge is -2.20. The van der Waals surface area contributed by atoms with E-state index in [4.69, 9.17) is 15.0 Å². The summed E-state index contributed by atoms with van der Waals surface area (Å²) in [6.07, 6.45) is -4.80. The van der Waals surface area contributed by atoms with Crippen LogP contribution in [0.2, 0.25) is 0 Å². The van der Waals surface area contributed by atoms with E-state index in [0.717, 1.165) is 33.8 Å². The molecule has 0 atom stereocenters. The van der Waals surface area contributed by atoms with Crippen molar-refractivity contribution in [3.8, 4) is 115 Å². The highest BCUT2D eigenvalue weighted by Crippen LogP contribution is 2.46.